The zero-order valence-electron chi connectivity index (χ0n) is 15.2. The molecule has 6 heteroatoms. The van der Waals surface area contributed by atoms with Crippen molar-refractivity contribution in [1.29, 1.82) is 0 Å². The van der Waals surface area contributed by atoms with Gasteiger partial charge in [-0.25, -0.2) is 9.67 Å². The Hall–Kier alpha value is -3.67. The predicted molar refractivity (Wildman–Crippen MR) is 108 cm³/mol. The highest BCUT2D eigenvalue weighted by atomic mass is 16.2. The molecule has 138 valence electrons. The lowest BCUT2D eigenvalue weighted by molar-refractivity contribution is 0.0773. The highest BCUT2D eigenvalue weighted by molar-refractivity contribution is 5.95. The van der Waals surface area contributed by atoms with Crippen LogP contribution in [0.4, 0.5) is 0 Å². The molecule has 1 N–H and O–H groups in total. The topological polar surface area (TPSA) is 66.8 Å². The fourth-order valence-electron chi connectivity index (χ4n) is 3.66. The average Bonchev–Trinajstić information content (AvgIpc) is 3.42. The summed E-state index contributed by atoms with van der Waals surface area (Å²) in [7, 11) is 0. The van der Waals surface area contributed by atoms with Crippen molar-refractivity contribution in [2.24, 2.45) is 0 Å². The summed E-state index contributed by atoms with van der Waals surface area (Å²) in [5.74, 6) is 0.0121. The zero-order valence-corrected chi connectivity index (χ0v) is 15.2. The van der Waals surface area contributed by atoms with E-state index in [4.69, 9.17) is 0 Å². The van der Waals surface area contributed by atoms with E-state index in [-0.39, 0.29) is 5.91 Å². The molecule has 0 saturated carbocycles. The molecule has 3 aromatic heterocycles. The van der Waals surface area contributed by atoms with Gasteiger partial charge in [-0.1, -0.05) is 24.3 Å². The number of aromatic amines is 1. The number of para-hydroxylation sites is 1. The second kappa shape index (κ2) is 6.81. The summed E-state index contributed by atoms with van der Waals surface area (Å²) in [4.78, 5) is 22.3. The maximum atomic E-state index is 12.9. The Labute approximate surface area is 162 Å². The molecule has 0 fully saturated rings. The molecule has 0 saturated heterocycles. The lowest BCUT2D eigenvalue weighted by Gasteiger charge is -2.26. The first kappa shape index (κ1) is 16.5. The van der Waals surface area contributed by atoms with E-state index in [0.717, 1.165) is 23.1 Å². The second-order valence-electron chi connectivity index (χ2n) is 6.84. The molecule has 0 aliphatic carbocycles. The number of carbonyl (C=O) groups is 1. The Morgan fingerprint density at radius 3 is 2.82 bits per heavy atom. The van der Waals surface area contributed by atoms with Crippen molar-refractivity contribution in [3.8, 4) is 5.69 Å². The van der Waals surface area contributed by atoms with Crippen LogP contribution in [0.3, 0.4) is 0 Å². The minimum Gasteiger partial charge on any atom is -0.346 e. The van der Waals surface area contributed by atoms with Gasteiger partial charge in [0.2, 0.25) is 0 Å². The fourth-order valence-corrected chi connectivity index (χ4v) is 3.66. The van der Waals surface area contributed by atoms with Gasteiger partial charge in [0.05, 0.1) is 17.4 Å². The highest BCUT2D eigenvalue weighted by Gasteiger charge is 2.21. The molecule has 0 unspecified atom stereocenters. The third kappa shape index (κ3) is 2.89. The quantitative estimate of drug-likeness (QED) is 0.599. The molecule has 0 radical (unpaired) electrons. The summed E-state index contributed by atoms with van der Waals surface area (Å²) >= 11 is 0. The van der Waals surface area contributed by atoms with E-state index in [1.165, 1.54) is 11.1 Å². The largest absolute Gasteiger partial charge is 0.346 e. The summed E-state index contributed by atoms with van der Waals surface area (Å²) in [6.07, 6.45) is 10.2. The summed E-state index contributed by atoms with van der Waals surface area (Å²) in [6.45, 7) is 1.28. The van der Waals surface area contributed by atoms with E-state index in [2.05, 4.69) is 27.2 Å². The van der Waals surface area contributed by atoms with Gasteiger partial charge in [-0.05, 0) is 36.3 Å². The van der Waals surface area contributed by atoms with Crippen LogP contribution < -0.4 is 0 Å². The van der Waals surface area contributed by atoms with E-state index in [0.29, 0.717) is 18.7 Å². The van der Waals surface area contributed by atoms with Gasteiger partial charge in [-0.2, -0.15) is 5.10 Å². The van der Waals surface area contributed by atoms with Crippen LogP contribution in [-0.2, 0) is 0 Å². The highest BCUT2D eigenvalue weighted by Crippen LogP contribution is 2.28. The molecule has 1 aliphatic rings. The van der Waals surface area contributed by atoms with Crippen LogP contribution in [0.1, 0.15) is 22.3 Å². The number of hydrogen-bond donors (Lipinski definition) is 1. The summed E-state index contributed by atoms with van der Waals surface area (Å²) < 4.78 is 1.73. The second-order valence-corrected chi connectivity index (χ2v) is 6.84. The number of fused-ring (bicyclic) bond motifs is 1. The van der Waals surface area contributed by atoms with Crippen LogP contribution in [0.25, 0.3) is 22.3 Å². The number of carbonyl (C=O) groups excluding carboxylic acids is 1. The standard InChI is InChI=1S/C22H19N5O/c28-22(17-13-25-27(15-17)18-5-2-1-3-6-18)26-11-8-16(9-12-26)20-14-24-21-19(20)7-4-10-23-21/h1-8,10,13-15H,9,11-12H2,(H,23,24). The van der Waals surface area contributed by atoms with Gasteiger partial charge in [0.15, 0.2) is 0 Å². The molecule has 4 heterocycles. The molecule has 4 aromatic rings. The minimum atomic E-state index is 0.0121. The number of nitrogens with zero attached hydrogens (tertiary/aromatic N) is 4. The van der Waals surface area contributed by atoms with E-state index < -0.39 is 0 Å². The van der Waals surface area contributed by atoms with Crippen LogP contribution in [0.2, 0.25) is 0 Å². The van der Waals surface area contributed by atoms with Gasteiger partial charge in [0.25, 0.3) is 5.91 Å². The smallest absolute Gasteiger partial charge is 0.257 e. The number of pyridine rings is 1. The summed E-state index contributed by atoms with van der Waals surface area (Å²) in [5.41, 5.74) is 4.87. The van der Waals surface area contributed by atoms with E-state index in [9.17, 15) is 4.79 Å². The molecule has 6 nitrogen and oxygen atoms in total. The SMILES string of the molecule is O=C(c1cnn(-c2ccccc2)c1)N1CC=C(c2c[nH]c3ncccc23)CC1. The Kier molecular flexibility index (Phi) is 4.01. The number of rotatable bonds is 3. The van der Waals surface area contributed by atoms with Crippen LogP contribution in [0, 0.1) is 0 Å². The summed E-state index contributed by atoms with van der Waals surface area (Å²) in [6, 6.07) is 13.8. The molecule has 0 spiro atoms. The van der Waals surface area contributed by atoms with E-state index in [1.807, 2.05) is 47.5 Å². The van der Waals surface area contributed by atoms with Crippen LogP contribution in [0.15, 0.2) is 73.3 Å². The van der Waals surface area contributed by atoms with E-state index in [1.54, 1.807) is 23.3 Å². The van der Waals surface area contributed by atoms with Crippen LogP contribution in [0.5, 0.6) is 0 Å². The number of aromatic nitrogens is 4. The molecule has 0 bridgehead atoms. The molecule has 1 amide bonds. The predicted octanol–water partition coefficient (Wildman–Crippen LogP) is 3.68. The number of nitrogens with one attached hydrogen (secondary N) is 1. The molecular formula is C22H19N5O. The Bertz CT molecular complexity index is 1170. The van der Waals surface area contributed by atoms with Crippen molar-refractivity contribution in [2.75, 3.05) is 13.1 Å². The summed E-state index contributed by atoms with van der Waals surface area (Å²) in [5, 5.41) is 5.46. The number of hydrogen-bond acceptors (Lipinski definition) is 3. The zero-order chi connectivity index (χ0) is 18.9. The number of H-pyrrole nitrogens is 1. The molecule has 28 heavy (non-hydrogen) atoms. The van der Waals surface area contributed by atoms with Crippen molar-refractivity contribution in [2.45, 2.75) is 6.42 Å². The number of benzene rings is 1. The van der Waals surface area contributed by atoms with Crippen LogP contribution in [-0.4, -0.2) is 43.6 Å². The van der Waals surface area contributed by atoms with Crippen molar-refractivity contribution >= 4 is 22.5 Å². The maximum absolute atomic E-state index is 12.9. The first-order valence-electron chi connectivity index (χ1n) is 9.30. The van der Waals surface area contributed by atoms with Crippen LogP contribution >= 0.6 is 0 Å². The van der Waals surface area contributed by atoms with Crippen molar-refractivity contribution in [3.05, 3.63) is 84.5 Å². The lowest BCUT2D eigenvalue weighted by Crippen LogP contribution is -2.34. The Morgan fingerprint density at radius 1 is 1.11 bits per heavy atom. The maximum Gasteiger partial charge on any atom is 0.257 e. The molecule has 5 rings (SSSR count). The molecular weight excluding hydrogens is 350 g/mol. The van der Waals surface area contributed by atoms with E-state index >= 15 is 0 Å². The number of amides is 1. The van der Waals surface area contributed by atoms with Crippen molar-refractivity contribution < 1.29 is 4.79 Å². The third-order valence-electron chi connectivity index (χ3n) is 5.14. The first-order chi connectivity index (χ1) is 13.8. The first-order valence-corrected chi connectivity index (χ1v) is 9.30. The average molecular weight is 369 g/mol. The monoisotopic (exact) mass is 369 g/mol. The lowest BCUT2D eigenvalue weighted by atomic mass is 9.99. The molecule has 1 aromatic carbocycles. The normalized spacial score (nSPS) is 14.3. The van der Waals surface area contributed by atoms with Crippen molar-refractivity contribution in [1.82, 2.24) is 24.6 Å². The molecule has 1 aliphatic heterocycles. The Balaban J connectivity index is 1.34. The fraction of sp³-hybridized carbons (Fsp3) is 0.136. The van der Waals surface area contributed by atoms with Gasteiger partial charge in [-0.15, -0.1) is 0 Å². The Morgan fingerprint density at radius 2 is 2.00 bits per heavy atom. The van der Waals surface area contributed by atoms with Gasteiger partial charge >= 0.3 is 0 Å². The third-order valence-corrected chi connectivity index (χ3v) is 5.14. The van der Waals surface area contributed by atoms with Gasteiger partial charge in [0.1, 0.15) is 5.65 Å². The minimum absolute atomic E-state index is 0.0121. The van der Waals surface area contributed by atoms with Crippen molar-refractivity contribution in [3.63, 3.8) is 0 Å². The molecule has 0 atom stereocenters. The van der Waals surface area contributed by atoms with Gasteiger partial charge in [0, 0.05) is 42.6 Å². The van der Waals surface area contributed by atoms with Gasteiger partial charge < -0.3 is 9.88 Å². The van der Waals surface area contributed by atoms with Gasteiger partial charge in [-0.3, -0.25) is 4.79 Å².